The minimum atomic E-state index is -0.0925. The number of methoxy groups -OCH3 is 1. The number of hydrogen-bond donors (Lipinski definition) is 2. The summed E-state index contributed by atoms with van der Waals surface area (Å²) < 4.78 is 5.39. The summed E-state index contributed by atoms with van der Waals surface area (Å²) in [6.07, 6.45) is 4.86. The maximum Gasteiger partial charge on any atom is 0.259 e. The molecule has 2 aromatic heterocycles. The Labute approximate surface area is 175 Å². The molecule has 5 nitrogen and oxygen atoms in total. The van der Waals surface area contributed by atoms with Crippen molar-refractivity contribution in [2.75, 3.05) is 17.7 Å². The lowest BCUT2D eigenvalue weighted by Gasteiger charge is -2.19. The van der Waals surface area contributed by atoms with Crippen LogP contribution in [-0.2, 0) is 19.4 Å². The first-order valence-corrected chi connectivity index (χ1v) is 10.7. The second-order valence-corrected chi connectivity index (χ2v) is 8.49. The Hall–Kier alpha value is -2.86. The van der Waals surface area contributed by atoms with Crippen molar-refractivity contribution in [3.63, 3.8) is 0 Å². The number of nitrogens with zero attached hydrogens (tertiary/aromatic N) is 1. The fourth-order valence-corrected chi connectivity index (χ4v) is 5.13. The minimum Gasteiger partial charge on any atom is -0.495 e. The zero-order valence-corrected chi connectivity index (χ0v) is 17.5. The van der Waals surface area contributed by atoms with E-state index in [9.17, 15) is 4.79 Å². The first-order valence-electron chi connectivity index (χ1n) is 9.88. The van der Waals surface area contributed by atoms with E-state index in [-0.39, 0.29) is 5.91 Å². The van der Waals surface area contributed by atoms with Crippen molar-refractivity contribution in [1.82, 2.24) is 4.98 Å². The molecule has 1 aromatic carbocycles. The Balaban J connectivity index is 1.64. The van der Waals surface area contributed by atoms with Gasteiger partial charge >= 0.3 is 0 Å². The SMILES string of the molecule is COc1ccccc1NC(=O)c1c(NCc2ccccn2)sc2c1CC[C@@H](C)C2. The number of carbonyl (C=O) groups excluding carboxylic acids is 1. The molecule has 0 bridgehead atoms. The van der Waals surface area contributed by atoms with Gasteiger partial charge in [0.1, 0.15) is 10.8 Å². The Morgan fingerprint density at radius 2 is 2.07 bits per heavy atom. The Morgan fingerprint density at radius 3 is 2.86 bits per heavy atom. The van der Waals surface area contributed by atoms with E-state index >= 15 is 0 Å². The third-order valence-corrected chi connectivity index (χ3v) is 6.46. The molecular weight excluding hydrogens is 382 g/mol. The molecule has 2 N–H and O–H groups in total. The highest BCUT2D eigenvalue weighted by atomic mass is 32.1. The summed E-state index contributed by atoms with van der Waals surface area (Å²) in [7, 11) is 1.61. The van der Waals surface area contributed by atoms with Gasteiger partial charge in [-0.15, -0.1) is 11.3 Å². The van der Waals surface area contributed by atoms with Gasteiger partial charge in [-0.3, -0.25) is 9.78 Å². The van der Waals surface area contributed by atoms with E-state index in [1.54, 1.807) is 24.6 Å². The second-order valence-electron chi connectivity index (χ2n) is 7.38. The van der Waals surface area contributed by atoms with Gasteiger partial charge in [0.25, 0.3) is 5.91 Å². The Morgan fingerprint density at radius 1 is 1.24 bits per heavy atom. The third kappa shape index (κ3) is 4.27. The number of anilines is 2. The monoisotopic (exact) mass is 407 g/mol. The zero-order valence-electron chi connectivity index (χ0n) is 16.7. The number of thiophene rings is 1. The lowest BCUT2D eigenvalue weighted by Crippen LogP contribution is -2.18. The smallest absolute Gasteiger partial charge is 0.259 e. The van der Waals surface area contributed by atoms with Gasteiger partial charge in [-0.2, -0.15) is 0 Å². The molecule has 0 radical (unpaired) electrons. The van der Waals surface area contributed by atoms with Crippen LogP contribution in [0, 0.1) is 5.92 Å². The van der Waals surface area contributed by atoms with Crippen LogP contribution in [0.1, 0.15) is 39.8 Å². The lowest BCUT2D eigenvalue weighted by atomic mass is 9.88. The topological polar surface area (TPSA) is 63.2 Å². The van der Waals surface area contributed by atoms with E-state index in [4.69, 9.17) is 4.74 Å². The number of pyridine rings is 1. The molecule has 0 saturated heterocycles. The number of fused-ring (bicyclic) bond motifs is 1. The molecular formula is C23H25N3O2S. The summed E-state index contributed by atoms with van der Waals surface area (Å²) in [5.41, 5.74) is 3.57. The van der Waals surface area contributed by atoms with Crippen LogP contribution in [0.4, 0.5) is 10.7 Å². The van der Waals surface area contributed by atoms with E-state index in [2.05, 4.69) is 22.5 Å². The summed E-state index contributed by atoms with van der Waals surface area (Å²) in [6.45, 7) is 2.86. The number of amides is 1. The summed E-state index contributed by atoms with van der Waals surface area (Å²) in [5, 5.41) is 7.43. The molecule has 1 atom stereocenters. The molecule has 4 rings (SSSR count). The van der Waals surface area contributed by atoms with E-state index in [0.717, 1.165) is 35.5 Å². The Kier molecular flexibility index (Phi) is 5.81. The van der Waals surface area contributed by atoms with Crippen LogP contribution in [0.3, 0.4) is 0 Å². The van der Waals surface area contributed by atoms with Crippen LogP contribution in [-0.4, -0.2) is 18.0 Å². The highest BCUT2D eigenvalue weighted by molar-refractivity contribution is 7.16. The number of benzene rings is 1. The van der Waals surface area contributed by atoms with Crippen molar-refractivity contribution in [2.45, 2.75) is 32.7 Å². The molecule has 0 saturated carbocycles. The van der Waals surface area contributed by atoms with E-state index in [1.807, 2.05) is 42.5 Å². The molecule has 150 valence electrons. The van der Waals surface area contributed by atoms with Crippen molar-refractivity contribution in [1.29, 1.82) is 0 Å². The van der Waals surface area contributed by atoms with Gasteiger partial charge in [0.2, 0.25) is 0 Å². The van der Waals surface area contributed by atoms with Crippen LogP contribution >= 0.6 is 11.3 Å². The first kappa shape index (κ1) is 19.5. The predicted octanol–water partition coefficient (Wildman–Crippen LogP) is 5.14. The minimum absolute atomic E-state index is 0.0925. The summed E-state index contributed by atoms with van der Waals surface area (Å²) >= 11 is 1.70. The summed E-state index contributed by atoms with van der Waals surface area (Å²) in [6, 6.07) is 13.4. The maximum atomic E-state index is 13.3. The summed E-state index contributed by atoms with van der Waals surface area (Å²) in [4.78, 5) is 19.0. The normalized spacial score (nSPS) is 15.4. The lowest BCUT2D eigenvalue weighted by molar-refractivity contribution is 0.102. The molecule has 0 fully saturated rings. The van der Waals surface area contributed by atoms with Crippen LogP contribution in [0.25, 0.3) is 0 Å². The van der Waals surface area contributed by atoms with Crippen LogP contribution < -0.4 is 15.4 Å². The molecule has 3 aromatic rings. The highest BCUT2D eigenvalue weighted by Crippen LogP contribution is 2.40. The van der Waals surface area contributed by atoms with Gasteiger partial charge in [-0.25, -0.2) is 0 Å². The van der Waals surface area contributed by atoms with Crippen LogP contribution in [0.2, 0.25) is 0 Å². The summed E-state index contributed by atoms with van der Waals surface area (Å²) in [5.74, 6) is 1.21. The van der Waals surface area contributed by atoms with Crippen molar-refractivity contribution in [2.24, 2.45) is 5.92 Å². The average molecular weight is 408 g/mol. The first-order chi connectivity index (χ1) is 14.2. The number of nitrogens with one attached hydrogen (secondary N) is 2. The van der Waals surface area contributed by atoms with Crippen molar-refractivity contribution in [3.05, 3.63) is 70.4 Å². The van der Waals surface area contributed by atoms with Crippen LogP contribution in [0.5, 0.6) is 5.75 Å². The van der Waals surface area contributed by atoms with Crippen molar-refractivity contribution in [3.8, 4) is 5.75 Å². The number of hydrogen-bond acceptors (Lipinski definition) is 5. The Bertz CT molecular complexity index is 1000. The van der Waals surface area contributed by atoms with E-state index in [1.165, 1.54) is 10.4 Å². The van der Waals surface area contributed by atoms with Gasteiger partial charge in [0.05, 0.1) is 30.6 Å². The van der Waals surface area contributed by atoms with Gasteiger partial charge in [0.15, 0.2) is 0 Å². The molecule has 0 spiro atoms. The predicted molar refractivity (Wildman–Crippen MR) is 118 cm³/mol. The molecule has 1 amide bonds. The second kappa shape index (κ2) is 8.66. The highest BCUT2D eigenvalue weighted by Gasteiger charge is 2.28. The molecule has 0 unspecified atom stereocenters. The molecule has 29 heavy (non-hydrogen) atoms. The standard InChI is InChI=1S/C23H25N3O2S/c1-15-10-11-17-20(13-15)29-23(25-14-16-7-5-6-12-24-16)21(17)22(27)26-18-8-3-4-9-19(18)28-2/h3-9,12,15,25H,10-11,13-14H2,1-2H3,(H,26,27)/t15-/m1/s1. The average Bonchev–Trinajstić information content (AvgIpc) is 3.11. The molecule has 2 heterocycles. The van der Waals surface area contributed by atoms with Gasteiger partial charge in [-0.1, -0.05) is 25.1 Å². The molecule has 1 aliphatic rings. The number of rotatable bonds is 6. The van der Waals surface area contributed by atoms with E-state index in [0.29, 0.717) is 23.9 Å². The van der Waals surface area contributed by atoms with Gasteiger partial charge in [-0.05, 0) is 55.0 Å². The number of ether oxygens (including phenoxy) is 1. The third-order valence-electron chi connectivity index (χ3n) is 5.25. The van der Waals surface area contributed by atoms with Crippen molar-refractivity contribution >= 4 is 27.9 Å². The largest absolute Gasteiger partial charge is 0.495 e. The van der Waals surface area contributed by atoms with Crippen LogP contribution in [0.15, 0.2) is 48.7 Å². The molecule has 0 aliphatic heterocycles. The molecule has 1 aliphatic carbocycles. The van der Waals surface area contributed by atoms with Gasteiger partial charge < -0.3 is 15.4 Å². The molecule has 6 heteroatoms. The number of carbonyl (C=O) groups is 1. The van der Waals surface area contributed by atoms with Gasteiger partial charge in [0, 0.05) is 11.1 Å². The number of para-hydroxylation sites is 2. The van der Waals surface area contributed by atoms with E-state index < -0.39 is 0 Å². The quantitative estimate of drug-likeness (QED) is 0.594. The fraction of sp³-hybridized carbons (Fsp3) is 0.304. The maximum absolute atomic E-state index is 13.3. The zero-order chi connectivity index (χ0) is 20.2. The van der Waals surface area contributed by atoms with Crippen molar-refractivity contribution < 1.29 is 9.53 Å². The number of aromatic nitrogens is 1. The fourth-order valence-electron chi connectivity index (χ4n) is 3.72.